The third kappa shape index (κ3) is 3.30. The van der Waals surface area contributed by atoms with Gasteiger partial charge in [-0.3, -0.25) is 4.79 Å². The highest BCUT2D eigenvalue weighted by Gasteiger charge is 2.21. The molecule has 1 aliphatic rings. The molecule has 17 heavy (non-hydrogen) atoms. The molecule has 0 aliphatic carbocycles. The van der Waals surface area contributed by atoms with E-state index in [0.717, 1.165) is 31.6 Å². The average Bonchev–Trinajstić information content (AvgIpc) is 2.40. The summed E-state index contributed by atoms with van der Waals surface area (Å²) in [5.74, 6) is 0.556. The molecular weight excluding hydrogens is 214 g/mol. The summed E-state index contributed by atoms with van der Waals surface area (Å²) >= 11 is 0. The Bertz CT molecular complexity index is 358. The third-order valence-electron chi connectivity index (χ3n) is 3.37. The molecule has 1 N–H and O–H groups in total. The van der Waals surface area contributed by atoms with Crippen LogP contribution in [0.25, 0.3) is 0 Å². The van der Waals surface area contributed by atoms with Crippen molar-refractivity contribution >= 4 is 5.91 Å². The molecule has 0 radical (unpaired) electrons. The van der Waals surface area contributed by atoms with Gasteiger partial charge in [-0.15, -0.1) is 0 Å². The predicted molar refractivity (Wildman–Crippen MR) is 66.9 cm³/mol. The van der Waals surface area contributed by atoms with Gasteiger partial charge >= 0.3 is 0 Å². The van der Waals surface area contributed by atoms with Gasteiger partial charge in [-0.05, 0) is 37.8 Å². The molecule has 1 aromatic rings. The van der Waals surface area contributed by atoms with Gasteiger partial charge in [-0.25, -0.2) is 0 Å². The van der Waals surface area contributed by atoms with E-state index in [0.29, 0.717) is 5.92 Å². The van der Waals surface area contributed by atoms with Crippen LogP contribution in [0, 0.1) is 5.92 Å². The van der Waals surface area contributed by atoms with Crippen LogP contribution in [0.3, 0.4) is 0 Å². The zero-order chi connectivity index (χ0) is 12.1. The second kappa shape index (κ2) is 5.82. The van der Waals surface area contributed by atoms with Crippen LogP contribution >= 0.6 is 0 Å². The molecule has 0 bridgehead atoms. The molecule has 1 heterocycles. The van der Waals surface area contributed by atoms with E-state index in [9.17, 15) is 4.79 Å². The van der Waals surface area contributed by atoms with E-state index in [1.54, 1.807) is 0 Å². The molecule has 1 amide bonds. The van der Waals surface area contributed by atoms with Gasteiger partial charge in [0.2, 0.25) is 0 Å². The van der Waals surface area contributed by atoms with Crippen LogP contribution in [0.5, 0.6) is 0 Å². The average molecular weight is 233 g/mol. The minimum atomic E-state index is 0.0181. The summed E-state index contributed by atoms with van der Waals surface area (Å²) in [5, 5.41) is 3.07. The quantitative estimate of drug-likeness (QED) is 0.869. The predicted octanol–water partition coefficient (Wildman–Crippen LogP) is 2.23. The first-order valence-electron chi connectivity index (χ1n) is 6.21. The fraction of sp³-hybridized carbons (Fsp3) is 0.500. The molecule has 0 saturated carbocycles. The second-order valence-corrected chi connectivity index (χ2v) is 4.58. The summed E-state index contributed by atoms with van der Waals surface area (Å²) in [4.78, 5) is 12.0. The standard InChI is InChI=1S/C14H19NO2/c1-11(12-7-9-17-10-8-12)15-14(16)13-5-3-2-4-6-13/h2-6,11-12H,7-10H2,1H3,(H,15,16). The van der Waals surface area contributed by atoms with Crippen LogP contribution in [0.2, 0.25) is 0 Å². The van der Waals surface area contributed by atoms with E-state index in [1.165, 1.54) is 0 Å². The van der Waals surface area contributed by atoms with Gasteiger partial charge in [0.1, 0.15) is 0 Å². The van der Waals surface area contributed by atoms with Crippen molar-refractivity contribution in [1.82, 2.24) is 5.32 Å². The molecule has 1 unspecified atom stereocenters. The molecule has 1 saturated heterocycles. The first kappa shape index (κ1) is 12.1. The summed E-state index contributed by atoms with van der Waals surface area (Å²) in [6.45, 7) is 3.71. The van der Waals surface area contributed by atoms with Crippen LogP contribution in [0.15, 0.2) is 30.3 Å². The molecule has 92 valence electrons. The number of ether oxygens (including phenoxy) is 1. The molecule has 2 rings (SSSR count). The molecule has 1 aromatic carbocycles. The summed E-state index contributed by atoms with van der Waals surface area (Å²) in [6.07, 6.45) is 2.08. The van der Waals surface area contributed by atoms with Gasteiger partial charge < -0.3 is 10.1 Å². The molecule has 1 atom stereocenters. The van der Waals surface area contributed by atoms with Crippen molar-refractivity contribution in [3.63, 3.8) is 0 Å². The fourth-order valence-corrected chi connectivity index (χ4v) is 2.21. The SMILES string of the molecule is CC(NC(=O)c1ccccc1)C1CCOCC1. The Morgan fingerprint density at radius 3 is 2.59 bits per heavy atom. The smallest absolute Gasteiger partial charge is 0.251 e. The maximum Gasteiger partial charge on any atom is 0.251 e. The van der Waals surface area contributed by atoms with Crippen molar-refractivity contribution < 1.29 is 9.53 Å². The minimum Gasteiger partial charge on any atom is -0.381 e. The van der Waals surface area contributed by atoms with Crippen molar-refractivity contribution in [3.05, 3.63) is 35.9 Å². The van der Waals surface area contributed by atoms with Crippen molar-refractivity contribution in [1.29, 1.82) is 0 Å². The number of nitrogens with one attached hydrogen (secondary N) is 1. The Kier molecular flexibility index (Phi) is 4.15. The topological polar surface area (TPSA) is 38.3 Å². The van der Waals surface area contributed by atoms with Crippen LogP contribution in [0.1, 0.15) is 30.1 Å². The van der Waals surface area contributed by atoms with Crippen LogP contribution < -0.4 is 5.32 Å². The zero-order valence-electron chi connectivity index (χ0n) is 10.2. The number of carbonyl (C=O) groups is 1. The van der Waals surface area contributed by atoms with Gasteiger partial charge in [0.05, 0.1) is 0 Å². The van der Waals surface area contributed by atoms with Crippen molar-refractivity contribution in [2.75, 3.05) is 13.2 Å². The molecular formula is C14H19NO2. The molecule has 0 aromatic heterocycles. The number of hydrogen-bond donors (Lipinski definition) is 1. The van der Waals surface area contributed by atoms with E-state index < -0.39 is 0 Å². The van der Waals surface area contributed by atoms with E-state index in [1.807, 2.05) is 30.3 Å². The van der Waals surface area contributed by atoms with E-state index in [4.69, 9.17) is 4.74 Å². The Balaban J connectivity index is 1.89. The summed E-state index contributed by atoms with van der Waals surface area (Å²) < 4.78 is 5.33. The Hall–Kier alpha value is -1.35. The first-order valence-corrected chi connectivity index (χ1v) is 6.21. The number of hydrogen-bond acceptors (Lipinski definition) is 2. The first-order chi connectivity index (χ1) is 8.27. The highest BCUT2D eigenvalue weighted by molar-refractivity contribution is 5.94. The van der Waals surface area contributed by atoms with E-state index in [2.05, 4.69) is 12.2 Å². The lowest BCUT2D eigenvalue weighted by Gasteiger charge is -2.28. The number of amides is 1. The fourth-order valence-electron chi connectivity index (χ4n) is 2.21. The summed E-state index contributed by atoms with van der Waals surface area (Å²) in [6, 6.07) is 9.57. The normalized spacial score (nSPS) is 18.6. The second-order valence-electron chi connectivity index (χ2n) is 4.58. The monoisotopic (exact) mass is 233 g/mol. The van der Waals surface area contributed by atoms with Crippen LogP contribution in [-0.2, 0) is 4.74 Å². The van der Waals surface area contributed by atoms with Crippen molar-refractivity contribution in [2.24, 2.45) is 5.92 Å². The van der Waals surface area contributed by atoms with Gasteiger partial charge in [0.25, 0.3) is 5.91 Å². The van der Waals surface area contributed by atoms with Crippen molar-refractivity contribution in [3.8, 4) is 0 Å². The van der Waals surface area contributed by atoms with Gasteiger partial charge in [-0.2, -0.15) is 0 Å². The summed E-state index contributed by atoms with van der Waals surface area (Å²) in [5.41, 5.74) is 0.728. The van der Waals surface area contributed by atoms with Gasteiger partial charge in [0, 0.05) is 24.8 Å². The van der Waals surface area contributed by atoms with Gasteiger partial charge in [0.15, 0.2) is 0 Å². The third-order valence-corrected chi connectivity index (χ3v) is 3.37. The minimum absolute atomic E-state index is 0.0181. The Labute approximate surface area is 102 Å². The lowest BCUT2D eigenvalue weighted by atomic mass is 9.93. The lowest BCUT2D eigenvalue weighted by Crippen LogP contribution is -2.40. The molecule has 1 fully saturated rings. The summed E-state index contributed by atoms with van der Waals surface area (Å²) in [7, 11) is 0. The number of benzene rings is 1. The van der Waals surface area contributed by atoms with Crippen LogP contribution in [0.4, 0.5) is 0 Å². The highest BCUT2D eigenvalue weighted by atomic mass is 16.5. The van der Waals surface area contributed by atoms with E-state index in [-0.39, 0.29) is 11.9 Å². The molecule has 3 heteroatoms. The maximum absolute atomic E-state index is 12.0. The maximum atomic E-state index is 12.0. The molecule has 3 nitrogen and oxygen atoms in total. The Morgan fingerprint density at radius 2 is 1.94 bits per heavy atom. The van der Waals surface area contributed by atoms with Gasteiger partial charge in [-0.1, -0.05) is 18.2 Å². The molecule has 0 spiro atoms. The Morgan fingerprint density at radius 1 is 1.29 bits per heavy atom. The largest absolute Gasteiger partial charge is 0.381 e. The zero-order valence-corrected chi connectivity index (χ0v) is 10.2. The van der Waals surface area contributed by atoms with E-state index >= 15 is 0 Å². The molecule has 1 aliphatic heterocycles. The number of carbonyl (C=O) groups excluding carboxylic acids is 1. The lowest BCUT2D eigenvalue weighted by molar-refractivity contribution is 0.0538. The van der Waals surface area contributed by atoms with Crippen LogP contribution in [-0.4, -0.2) is 25.2 Å². The highest BCUT2D eigenvalue weighted by Crippen LogP contribution is 2.18. The number of rotatable bonds is 3. The van der Waals surface area contributed by atoms with Crippen molar-refractivity contribution in [2.45, 2.75) is 25.8 Å².